The average Bonchev–Trinajstić information content (AvgIpc) is 3.99. The van der Waals surface area contributed by atoms with Crippen molar-refractivity contribution in [3.05, 3.63) is 223 Å². The number of benzene rings is 10. The third-order valence-corrected chi connectivity index (χ3v) is 14.9. The van der Waals surface area contributed by atoms with E-state index in [1.165, 1.54) is 75.5 Å². The molecule has 10 aromatic carbocycles. The lowest BCUT2D eigenvalue weighted by molar-refractivity contribution is 0.660. The Hall–Kier alpha value is -7.72. The molecule has 0 radical (unpaired) electrons. The van der Waals surface area contributed by atoms with Gasteiger partial charge in [0, 0.05) is 53.3 Å². The van der Waals surface area contributed by atoms with Crippen LogP contribution in [0.5, 0.6) is 0 Å². The third-order valence-electron chi connectivity index (χ3n) is 13.7. The fraction of sp³-hybridized carbons (Fsp3) is 0.0492. The lowest BCUT2D eigenvalue weighted by atomic mass is 9.82. The lowest BCUT2D eigenvalue weighted by Crippen LogP contribution is -2.16. The second-order valence-corrected chi connectivity index (χ2v) is 18.7. The van der Waals surface area contributed by atoms with E-state index in [2.05, 4.69) is 231 Å². The summed E-state index contributed by atoms with van der Waals surface area (Å²) >= 11 is 1.87. The molecule has 1 aliphatic rings. The van der Waals surface area contributed by atoms with Crippen molar-refractivity contribution in [1.29, 1.82) is 0 Å². The number of anilines is 3. The Labute approximate surface area is 375 Å². The minimum Gasteiger partial charge on any atom is -0.453 e. The van der Waals surface area contributed by atoms with Crippen LogP contribution in [0, 0.1) is 0 Å². The van der Waals surface area contributed by atoms with Gasteiger partial charge in [0.2, 0.25) is 0 Å². The van der Waals surface area contributed by atoms with Crippen LogP contribution in [0.3, 0.4) is 0 Å². The maximum atomic E-state index is 7.33. The Morgan fingerprint density at radius 1 is 0.406 bits per heavy atom. The first kappa shape index (κ1) is 36.9. The largest absolute Gasteiger partial charge is 0.453 e. The quantitative estimate of drug-likeness (QED) is 0.166. The summed E-state index contributed by atoms with van der Waals surface area (Å²) in [5.74, 6) is 0. The maximum absolute atomic E-state index is 7.33. The fourth-order valence-electron chi connectivity index (χ4n) is 10.5. The predicted octanol–water partition coefficient (Wildman–Crippen LogP) is 17.9. The highest BCUT2D eigenvalue weighted by atomic mass is 32.1. The van der Waals surface area contributed by atoms with E-state index in [0.717, 1.165) is 50.1 Å². The summed E-state index contributed by atoms with van der Waals surface area (Å²) in [6.45, 7) is 4.71. The van der Waals surface area contributed by atoms with E-state index >= 15 is 0 Å². The van der Waals surface area contributed by atoms with Gasteiger partial charge in [-0.15, -0.1) is 11.3 Å². The molecule has 3 heteroatoms. The molecule has 302 valence electrons. The normalized spacial score (nSPS) is 13.0. The minimum absolute atomic E-state index is 0.156. The molecular formula is C61H41NOS. The number of nitrogens with zero attached hydrogens (tertiary/aromatic N) is 1. The second kappa shape index (κ2) is 14.2. The van der Waals surface area contributed by atoms with E-state index in [1.54, 1.807) is 0 Å². The molecule has 1 aliphatic carbocycles. The van der Waals surface area contributed by atoms with Crippen LogP contribution in [-0.2, 0) is 5.41 Å². The Kier molecular flexibility index (Phi) is 8.16. The number of fused-ring (bicyclic) bond motifs is 10. The van der Waals surface area contributed by atoms with Gasteiger partial charge in [0.05, 0.1) is 5.69 Å². The molecule has 0 saturated carbocycles. The van der Waals surface area contributed by atoms with Gasteiger partial charge in [-0.3, -0.25) is 0 Å². The highest BCUT2D eigenvalue weighted by Gasteiger charge is 2.36. The van der Waals surface area contributed by atoms with E-state index in [0.29, 0.717) is 0 Å². The molecule has 2 heterocycles. The van der Waals surface area contributed by atoms with Gasteiger partial charge in [-0.25, -0.2) is 0 Å². The topological polar surface area (TPSA) is 16.4 Å². The number of hydrogen-bond acceptors (Lipinski definition) is 3. The van der Waals surface area contributed by atoms with Crippen LogP contribution in [0.2, 0.25) is 0 Å². The highest BCUT2D eigenvalue weighted by Crippen LogP contribution is 2.52. The molecule has 0 unspecified atom stereocenters. The van der Waals surface area contributed by atoms with Crippen molar-refractivity contribution in [2.75, 3.05) is 4.90 Å². The van der Waals surface area contributed by atoms with Crippen LogP contribution < -0.4 is 4.90 Å². The van der Waals surface area contributed by atoms with E-state index in [4.69, 9.17) is 4.42 Å². The molecular weight excluding hydrogens is 795 g/mol. The number of thiophene rings is 1. The Morgan fingerprint density at radius 3 is 1.89 bits per heavy atom. The molecule has 2 aromatic heterocycles. The molecule has 0 fully saturated rings. The van der Waals surface area contributed by atoms with Gasteiger partial charge in [0.1, 0.15) is 5.58 Å². The number of para-hydroxylation sites is 1. The van der Waals surface area contributed by atoms with Crippen LogP contribution in [-0.4, -0.2) is 0 Å². The Balaban J connectivity index is 1.02. The summed E-state index contributed by atoms with van der Waals surface area (Å²) in [4.78, 5) is 2.40. The first-order chi connectivity index (χ1) is 31.5. The van der Waals surface area contributed by atoms with Gasteiger partial charge in [0.25, 0.3) is 0 Å². The Morgan fingerprint density at radius 2 is 1.03 bits per heavy atom. The summed E-state index contributed by atoms with van der Waals surface area (Å²) in [6.07, 6.45) is 0. The summed E-state index contributed by atoms with van der Waals surface area (Å²) in [5, 5.41) is 7.17. The summed E-state index contributed by atoms with van der Waals surface area (Å²) < 4.78 is 9.96. The summed E-state index contributed by atoms with van der Waals surface area (Å²) in [6, 6.07) is 77.7. The van der Waals surface area contributed by atoms with Gasteiger partial charge < -0.3 is 9.32 Å². The molecule has 0 bridgehead atoms. The van der Waals surface area contributed by atoms with Gasteiger partial charge in [-0.05, 0) is 103 Å². The smallest absolute Gasteiger partial charge is 0.159 e. The number of furan rings is 1. The highest BCUT2D eigenvalue weighted by molar-refractivity contribution is 7.26. The van der Waals surface area contributed by atoms with E-state index in [9.17, 15) is 0 Å². The standard InChI is InChI=1S/C61H41NOS/c1-61(2)53-23-10-8-18-47(53)48-35-34-44(37-54(48)61)62(43-32-30-40(31-33-43)46-20-12-22-51-49-19-9-11-25-56(49)64-60(46)51)55-24-13-21-50-52-36-42-16-6-7-17-45(42)57(59(52)63-58(50)55)41-28-26-39(27-29-41)38-14-4-3-5-15-38/h3-37H,1-2H3. The second-order valence-electron chi connectivity index (χ2n) is 17.6. The zero-order chi connectivity index (χ0) is 42.5. The number of rotatable bonds is 6. The predicted molar refractivity (Wildman–Crippen MR) is 273 cm³/mol. The van der Waals surface area contributed by atoms with E-state index in [1.807, 2.05) is 11.3 Å². The molecule has 12 aromatic rings. The van der Waals surface area contributed by atoms with Crippen molar-refractivity contribution in [2.45, 2.75) is 19.3 Å². The SMILES string of the molecule is CC1(C)c2ccccc2-c2ccc(N(c3ccc(-c4cccc5c4sc4ccccc45)cc3)c3cccc4c3oc3c(-c5ccc(-c6ccccc6)cc5)c5ccccc5cc34)cc21. The maximum Gasteiger partial charge on any atom is 0.159 e. The molecule has 2 nitrogen and oxygen atoms in total. The summed E-state index contributed by atoms with van der Waals surface area (Å²) in [5.41, 5.74) is 17.1. The first-order valence-electron chi connectivity index (χ1n) is 22.1. The fourth-order valence-corrected chi connectivity index (χ4v) is 11.8. The third kappa shape index (κ3) is 5.57. The lowest BCUT2D eigenvalue weighted by Gasteiger charge is -2.28. The summed E-state index contributed by atoms with van der Waals surface area (Å²) in [7, 11) is 0. The van der Waals surface area contributed by atoms with Crippen molar-refractivity contribution in [2.24, 2.45) is 0 Å². The van der Waals surface area contributed by atoms with Gasteiger partial charge in [-0.1, -0.05) is 184 Å². The van der Waals surface area contributed by atoms with Crippen LogP contribution in [0.15, 0.2) is 217 Å². The van der Waals surface area contributed by atoms with Crippen molar-refractivity contribution in [3.63, 3.8) is 0 Å². The molecule has 64 heavy (non-hydrogen) atoms. The van der Waals surface area contributed by atoms with Gasteiger partial charge in [0.15, 0.2) is 5.58 Å². The first-order valence-corrected chi connectivity index (χ1v) is 22.9. The molecule has 0 N–H and O–H groups in total. The molecule has 0 spiro atoms. The van der Waals surface area contributed by atoms with Crippen LogP contribution in [0.25, 0.3) is 97.4 Å². The number of hydrogen-bond donors (Lipinski definition) is 0. The minimum atomic E-state index is -0.156. The Bertz CT molecular complexity index is 3800. The molecule has 0 atom stereocenters. The average molecular weight is 836 g/mol. The zero-order valence-electron chi connectivity index (χ0n) is 35.5. The van der Waals surface area contributed by atoms with Crippen molar-refractivity contribution < 1.29 is 4.42 Å². The van der Waals surface area contributed by atoms with E-state index in [-0.39, 0.29) is 5.41 Å². The van der Waals surface area contributed by atoms with Crippen molar-refractivity contribution in [1.82, 2.24) is 0 Å². The molecule has 13 rings (SSSR count). The van der Waals surface area contributed by atoms with Crippen molar-refractivity contribution in [3.8, 4) is 44.5 Å². The van der Waals surface area contributed by atoms with Crippen LogP contribution in [0.4, 0.5) is 17.1 Å². The van der Waals surface area contributed by atoms with Crippen molar-refractivity contribution >= 4 is 81.3 Å². The molecule has 0 amide bonds. The van der Waals surface area contributed by atoms with Crippen LogP contribution >= 0.6 is 11.3 Å². The monoisotopic (exact) mass is 835 g/mol. The molecule has 0 aliphatic heterocycles. The van der Waals surface area contributed by atoms with Crippen LogP contribution in [0.1, 0.15) is 25.0 Å². The zero-order valence-corrected chi connectivity index (χ0v) is 36.3. The van der Waals surface area contributed by atoms with Gasteiger partial charge in [-0.2, -0.15) is 0 Å². The van der Waals surface area contributed by atoms with Gasteiger partial charge >= 0.3 is 0 Å². The molecule has 0 saturated heterocycles. The van der Waals surface area contributed by atoms with E-state index < -0.39 is 0 Å².